The minimum Gasteiger partial charge on any atom is -0.495 e. The van der Waals surface area contributed by atoms with E-state index in [1.54, 1.807) is 12.1 Å². The molecule has 0 fully saturated rings. The Morgan fingerprint density at radius 1 is 1.14 bits per heavy atom. The quantitative estimate of drug-likeness (QED) is 0.398. The van der Waals surface area contributed by atoms with Crippen LogP contribution >= 0.6 is 0 Å². The molecule has 0 saturated heterocycles. The lowest BCUT2D eigenvalue weighted by atomic mass is 10.2. The van der Waals surface area contributed by atoms with Crippen LogP contribution in [0.3, 0.4) is 0 Å². The Hall–Kier alpha value is -3.62. The summed E-state index contributed by atoms with van der Waals surface area (Å²) in [6.07, 6.45) is 0.869. The molecule has 0 unspecified atom stereocenters. The van der Waals surface area contributed by atoms with Gasteiger partial charge in [0.05, 0.1) is 29.9 Å². The number of methoxy groups -OCH3 is 1. The zero-order valence-electron chi connectivity index (χ0n) is 15.5. The van der Waals surface area contributed by atoms with Gasteiger partial charge in [0.1, 0.15) is 11.5 Å². The molecule has 0 aliphatic rings. The number of nitro benzene ring substituents is 1. The molecule has 2 rings (SSSR count). The number of rotatable bonds is 9. The monoisotopic (exact) mass is 388 g/mol. The number of ether oxygens (including phenoxy) is 3. The summed E-state index contributed by atoms with van der Waals surface area (Å²) in [7, 11) is 1.37. The number of nitrogens with one attached hydrogen (secondary N) is 1. The summed E-state index contributed by atoms with van der Waals surface area (Å²) in [6.45, 7) is 2.00. The predicted octanol–water partition coefficient (Wildman–Crippen LogP) is 3.19. The number of amides is 1. The third-order valence-electron chi connectivity index (χ3n) is 3.57. The zero-order valence-corrected chi connectivity index (χ0v) is 15.5. The van der Waals surface area contributed by atoms with Crippen LogP contribution in [0.2, 0.25) is 0 Å². The van der Waals surface area contributed by atoms with Crippen LogP contribution in [-0.2, 0) is 9.53 Å². The van der Waals surface area contributed by atoms with Crippen LogP contribution < -0.4 is 14.8 Å². The van der Waals surface area contributed by atoms with Gasteiger partial charge in [-0.05, 0) is 36.8 Å². The summed E-state index contributed by atoms with van der Waals surface area (Å²) in [5.74, 6) is -0.458. The van der Waals surface area contributed by atoms with Crippen LogP contribution in [-0.4, -0.2) is 37.1 Å². The van der Waals surface area contributed by atoms with Gasteiger partial charge in [-0.2, -0.15) is 0 Å². The summed E-state index contributed by atoms with van der Waals surface area (Å²) in [4.78, 5) is 34.3. The largest absolute Gasteiger partial charge is 0.495 e. The average molecular weight is 388 g/mol. The predicted molar refractivity (Wildman–Crippen MR) is 101 cm³/mol. The molecule has 0 atom stereocenters. The highest BCUT2D eigenvalue weighted by atomic mass is 16.6. The number of anilines is 1. The van der Waals surface area contributed by atoms with Gasteiger partial charge < -0.3 is 19.5 Å². The minimum atomic E-state index is -0.678. The van der Waals surface area contributed by atoms with Crippen molar-refractivity contribution in [3.63, 3.8) is 0 Å². The van der Waals surface area contributed by atoms with Gasteiger partial charge in [0.2, 0.25) is 0 Å². The van der Waals surface area contributed by atoms with E-state index in [0.717, 1.165) is 12.5 Å². The van der Waals surface area contributed by atoms with Gasteiger partial charge in [0.15, 0.2) is 6.61 Å². The fraction of sp³-hybridized carbons (Fsp3) is 0.263. The van der Waals surface area contributed by atoms with Gasteiger partial charge in [-0.3, -0.25) is 14.9 Å². The lowest BCUT2D eigenvalue weighted by Gasteiger charge is -2.10. The molecule has 0 radical (unpaired) electrons. The van der Waals surface area contributed by atoms with Crippen molar-refractivity contribution in [2.45, 2.75) is 13.3 Å². The normalized spacial score (nSPS) is 10.1. The first-order valence-electron chi connectivity index (χ1n) is 8.47. The molecule has 1 N–H and O–H groups in total. The van der Waals surface area contributed by atoms with Gasteiger partial charge in [-0.1, -0.05) is 6.92 Å². The first-order chi connectivity index (χ1) is 13.4. The SMILES string of the molecule is CCCOc1ccc(C(=O)OCC(=O)Nc2cc([N+](=O)[O-])ccc2OC)cc1. The molecule has 28 heavy (non-hydrogen) atoms. The Morgan fingerprint density at radius 2 is 1.86 bits per heavy atom. The Labute approximate surface area is 161 Å². The molecule has 0 heterocycles. The summed E-state index contributed by atoms with van der Waals surface area (Å²) < 4.78 is 15.5. The second-order valence-corrected chi connectivity index (χ2v) is 5.64. The third kappa shape index (κ3) is 5.70. The lowest BCUT2D eigenvalue weighted by molar-refractivity contribution is -0.384. The summed E-state index contributed by atoms with van der Waals surface area (Å²) in [6, 6.07) is 10.1. The zero-order chi connectivity index (χ0) is 20.5. The van der Waals surface area contributed by atoms with E-state index in [0.29, 0.717) is 12.4 Å². The van der Waals surface area contributed by atoms with E-state index in [-0.39, 0.29) is 22.7 Å². The number of benzene rings is 2. The van der Waals surface area contributed by atoms with E-state index in [1.165, 1.54) is 31.4 Å². The molecule has 0 aliphatic heterocycles. The van der Waals surface area contributed by atoms with E-state index < -0.39 is 23.4 Å². The Bertz CT molecular complexity index is 850. The molecule has 9 nitrogen and oxygen atoms in total. The fourth-order valence-electron chi connectivity index (χ4n) is 2.22. The van der Waals surface area contributed by atoms with Crippen molar-refractivity contribution < 1.29 is 28.7 Å². The second kappa shape index (κ2) is 9.91. The highest BCUT2D eigenvalue weighted by molar-refractivity contribution is 5.96. The Morgan fingerprint density at radius 3 is 2.46 bits per heavy atom. The number of carbonyl (C=O) groups excluding carboxylic acids is 2. The Kier molecular flexibility index (Phi) is 7.32. The van der Waals surface area contributed by atoms with E-state index in [4.69, 9.17) is 14.2 Å². The van der Waals surface area contributed by atoms with Gasteiger partial charge in [-0.25, -0.2) is 4.79 Å². The number of hydrogen-bond acceptors (Lipinski definition) is 7. The molecule has 9 heteroatoms. The third-order valence-corrected chi connectivity index (χ3v) is 3.57. The highest BCUT2D eigenvalue weighted by Crippen LogP contribution is 2.28. The molecule has 0 aromatic heterocycles. The van der Waals surface area contributed by atoms with Crippen molar-refractivity contribution in [2.75, 3.05) is 25.6 Å². The molecule has 0 aliphatic carbocycles. The molecule has 148 valence electrons. The smallest absolute Gasteiger partial charge is 0.338 e. The maximum absolute atomic E-state index is 12.0. The molecule has 2 aromatic rings. The van der Waals surface area contributed by atoms with Crippen LogP contribution in [0.25, 0.3) is 0 Å². The lowest BCUT2D eigenvalue weighted by Crippen LogP contribution is -2.21. The van der Waals surface area contributed by atoms with Crippen LogP contribution in [0.15, 0.2) is 42.5 Å². The topological polar surface area (TPSA) is 117 Å². The first kappa shape index (κ1) is 20.7. The van der Waals surface area contributed by atoms with E-state index >= 15 is 0 Å². The van der Waals surface area contributed by atoms with Crippen LogP contribution in [0.1, 0.15) is 23.7 Å². The summed E-state index contributed by atoms with van der Waals surface area (Å²) in [5.41, 5.74) is 0.165. The van der Waals surface area contributed by atoms with E-state index in [1.807, 2.05) is 6.92 Å². The molecule has 0 saturated carbocycles. The summed E-state index contributed by atoms with van der Waals surface area (Å²) in [5, 5.41) is 13.3. The van der Waals surface area contributed by atoms with Crippen molar-refractivity contribution in [3.05, 3.63) is 58.1 Å². The van der Waals surface area contributed by atoms with Crippen molar-refractivity contribution in [1.82, 2.24) is 0 Å². The van der Waals surface area contributed by atoms with Crippen LogP contribution in [0.4, 0.5) is 11.4 Å². The molecule has 0 bridgehead atoms. The van der Waals surface area contributed by atoms with Crippen molar-refractivity contribution in [1.29, 1.82) is 0 Å². The number of nitrogens with zero attached hydrogens (tertiary/aromatic N) is 1. The number of hydrogen-bond donors (Lipinski definition) is 1. The average Bonchev–Trinajstić information content (AvgIpc) is 2.70. The minimum absolute atomic E-state index is 0.107. The van der Waals surface area contributed by atoms with Gasteiger partial charge >= 0.3 is 5.97 Å². The molecule has 2 aromatic carbocycles. The second-order valence-electron chi connectivity index (χ2n) is 5.64. The van der Waals surface area contributed by atoms with Crippen molar-refractivity contribution in [3.8, 4) is 11.5 Å². The van der Waals surface area contributed by atoms with Crippen LogP contribution in [0.5, 0.6) is 11.5 Å². The standard InChI is InChI=1S/C19H20N2O7/c1-3-10-27-15-7-4-13(5-8-15)19(23)28-12-18(22)20-16-11-14(21(24)25)6-9-17(16)26-2/h4-9,11H,3,10,12H2,1-2H3,(H,20,22). The van der Waals surface area contributed by atoms with Crippen molar-refractivity contribution >= 4 is 23.3 Å². The maximum atomic E-state index is 12.0. The molecular formula is C19H20N2O7. The number of esters is 1. The number of carbonyl (C=O) groups is 2. The summed E-state index contributed by atoms with van der Waals surface area (Å²) >= 11 is 0. The van der Waals surface area contributed by atoms with Gasteiger partial charge in [0.25, 0.3) is 11.6 Å². The van der Waals surface area contributed by atoms with E-state index in [9.17, 15) is 19.7 Å². The van der Waals surface area contributed by atoms with E-state index in [2.05, 4.69) is 5.32 Å². The van der Waals surface area contributed by atoms with Crippen molar-refractivity contribution in [2.24, 2.45) is 0 Å². The highest BCUT2D eigenvalue weighted by Gasteiger charge is 2.15. The van der Waals surface area contributed by atoms with Gasteiger partial charge in [0, 0.05) is 12.1 Å². The Balaban J connectivity index is 1.94. The number of non-ortho nitro benzene ring substituents is 1. The maximum Gasteiger partial charge on any atom is 0.338 e. The molecule has 0 spiro atoms. The fourth-order valence-corrected chi connectivity index (χ4v) is 2.22. The van der Waals surface area contributed by atoms with Gasteiger partial charge in [-0.15, -0.1) is 0 Å². The van der Waals surface area contributed by atoms with Crippen LogP contribution in [0, 0.1) is 10.1 Å². The molecule has 1 amide bonds. The number of nitro groups is 1. The molecular weight excluding hydrogens is 368 g/mol. The first-order valence-corrected chi connectivity index (χ1v) is 8.47.